The molecule has 0 spiro atoms. The molecule has 206 valence electrons. The molecular formula is C27H33ClFN9O. The molecule has 0 atom stereocenters. The first-order chi connectivity index (χ1) is 18.9. The van der Waals surface area contributed by atoms with Crippen LogP contribution in [0.15, 0.2) is 41.8 Å². The van der Waals surface area contributed by atoms with E-state index in [0.29, 0.717) is 37.0 Å². The number of hydrogen-bond donors (Lipinski definition) is 2. The van der Waals surface area contributed by atoms with Crippen molar-refractivity contribution in [1.29, 1.82) is 0 Å². The van der Waals surface area contributed by atoms with Crippen LogP contribution >= 0.6 is 11.6 Å². The number of nitrogens with one attached hydrogen (secondary N) is 2. The summed E-state index contributed by atoms with van der Waals surface area (Å²) >= 11 is 6.70. The van der Waals surface area contributed by atoms with Gasteiger partial charge in [0.15, 0.2) is 11.6 Å². The van der Waals surface area contributed by atoms with Crippen molar-refractivity contribution >= 4 is 41.0 Å². The summed E-state index contributed by atoms with van der Waals surface area (Å²) in [7, 11) is 2.16. The second-order valence-electron chi connectivity index (χ2n) is 9.78. The van der Waals surface area contributed by atoms with Crippen LogP contribution in [0.2, 0.25) is 5.02 Å². The lowest BCUT2D eigenvalue weighted by Gasteiger charge is -2.32. The van der Waals surface area contributed by atoms with Crippen LogP contribution in [-0.2, 0) is 11.3 Å². The van der Waals surface area contributed by atoms with Crippen molar-refractivity contribution in [2.24, 2.45) is 5.10 Å². The van der Waals surface area contributed by atoms with Gasteiger partial charge < -0.3 is 19.9 Å². The van der Waals surface area contributed by atoms with Gasteiger partial charge in [0.2, 0.25) is 5.95 Å². The molecule has 12 heteroatoms. The normalized spacial score (nSPS) is 17.1. The van der Waals surface area contributed by atoms with Crippen molar-refractivity contribution in [1.82, 2.24) is 24.8 Å². The number of hydrazone groups is 1. The van der Waals surface area contributed by atoms with Crippen molar-refractivity contribution in [3.8, 4) is 0 Å². The highest BCUT2D eigenvalue weighted by atomic mass is 35.5. The number of benzene rings is 1. The molecule has 0 aliphatic carbocycles. The molecule has 0 amide bonds. The number of likely N-dealkylation sites (N-methyl/N-ethyl adjacent to an activating group) is 1. The minimum atomic E-state index is -0.479. The van der Waals surface area contributed by atoms with Crippen LogP contribution in [0.5, 0.6) is 0 Å². The van der Waals surface area contributed by atoms with Gasteiger partial charge in [-0.3, -0.25) is 9.88 Å². The van der Waals surface area contributed by atoms with Crippen LogP contribution in [0.3, 0.4) is 0 Å². The van der Waals surface area contributed by atoms with E-state index in [4.69, 9.17) is 16.3 Å². The van der Waals surface area contributed by atoms with Crippen molar-refractivity contribution < 1.29 is 9.13 Å². The molecule has 0 bridgehead atoms. The van der Waals surface area contributed by atoms with E-state index in [1.165, 1.54) is 5.56 Å². The lowest BCUT2D eigenvalue weighted by atomic mass is 10.1. The highest BCUT2D eigenvalue weighted by Crippen LogP contribution is 2.31. The van der Waals surface area contributed by atoms with Crippen molar-refractivity contribution in [3.05, 3.63) is 64.3 Å². The maximum Gasteiger partial charge on any atom is 0.245 e. The van der Waals surface area contributed by atoms with Crippen molar-refractivity contribution in [2.45, 2.75) is 13.5 Å². The maximum absolute atomic E-state index is 14.3. The standard InChI is InChI=1S/C27H33ClFN9O/c1-19-13-20(18-37-7-5-36(2)6-8-37)14-23(28)25(19)33-21-3-4-30-22(15-21)16-32-35-27-31-17-24(29)26(34-27)38-9-11-39-12-10-38/h3-4,13-17H,5-12,18H2,1-2H3,(H,30,33)(H,31,34,35)/b32-16+. The molecule has 4 heterocycles. The molecule has 2 aliphatic rings. The Labute approximate surface area is 232 Å². The van der Waals surface area contributed by atoms with E-state index >= 15 is 0 Å². The number of aryl methyl sites for hydroxylation is 1. The zero-order valence-electron chi connectivity index (χ0n) is 22.2. The first-order valence-corrected chi connectivity index (χ1v) is 13.4. The quantitative estimate of drug-likeness (QED) is 0.319. The second-order valence-corrected chi connectivity index (χ2v) is 10.2. The van der Waals surface area contributed by atoms with Gasteiger partial charge >= 0.3 is 0 Å². The van der Waals surface area contributed by atoms with Crippen LogP contribution in [-0.4, -0.2) is 90.5 Å². The van der Waals surface area contributed by atoms with Crippen LogP contribution in [0.4, 0.5) is 27.5 Å². The first-order valence-electron chi connectivity index (χ1n) is 13.0. The van der Waals surface area contributed by atoms with E-state index in [-0.39, 0.29) is 11.8 Å². The topological polar surface area (TPSA) is 94.0 Å². The third-order valence-corrected chi connectivity index (χ3v) is 7.10. The molecule has 10 nitrogen and oxygen atoms in total. The monoisotopic (exact) mass is 553 g/mol. The Balaban J connectivity index is 1.22. The molecular weight excluding hydrogens is 521 g/mol. The third-order valence-electron chi connectivity index (χ3n) is 6.80. The lowest BCUT2D eigenvalue weighted by Crippen LogP contribution is -2.43. The fourth-order valence-electron chi connectivity index (χ4n) is 4.64. The minimum Gasteiger partial charge on any atom is -0.378 e. The highest BCUT2D eigenvalue weighted by Gasteiger charge is 2.18. The Bertz CT molecular complexity index is 1290. The predicted octanol–water partition coefficient (Wildman–Crippen LogP) is 3.75. The van der Waals surface area contributed by atoms with Gasteiger partial charge in [-0.2, -0.15) is 10.1 Å². The molecule has 2 aromatic heterocycles. The Morgan fingerprint density at radius 2 is 1.90 bits per heavy atom. The number of halogens is 2. The zero-order valence-corrected chi connectivity index (χ0v) is 23.0. The first kappa shape index (κ1) is 27.2. The van der Waals surface area contributed by atoms with E-state index in [1.54, 1.807) is 12.4 Å². The molecule has 0 saturated carbocycles. The molecule has 39 heavy (non-hydrogen) atoms. The molecule has 0 radical (unpaired) electrons. The molecule has 2 fully saturated rings. The van der Waals surface area contributed by atoms with E-state index in [2.05, 4.69) is 60.6 Å². The predicted molar refractivity (Wildman–Crippen MR) is 153 cm³/mol. The smallest absolute Gasteiger partial charge is 0.245 e. The van der Waals surface area contributed by atoms with Gasteiger partial charge in [0.05, 0.1) is 42.0 Å². The van der Waals surface area contributed by atoms with Crippen LogP contribution in [0, 0.1) is 12.7 Å². The number of pyridine rings is 1. The van der Waals surface area contributed by atoms with Crippen LogP contribution in [0.1, 0.15) is 16.8 Å². The van der Waals surface area contributed by atoms with E-state index in [1.807, 2.05) is 23.1 Å². The Hall–Kier alpha value is -3.38. The molecule has 2 saturated heterocycles. The summed E-state index contributed by atoms with van der Waals surface area (Å²) in [4.78, 5) is 19.3. The van der Waals surface area contributed by atoms with Gasteiger partial charge in [0.1, 0.15) is 0 Å². The molecule has 1 aromatic carbocycles. The summed E-state index contributed by atoms with van der Waals surface area (Å²) in [6.45, 7) is 9.46. The average Bonchev–Trinajstić information content (AvgIpc) is 2.94. The van der Waals surface area contributed by atoms with Crippen LogP contribution < -0.4 is 15.6 Å². The minimum absolute atomic E-state index is 0.197. The number of aromatic nitrogens is 3. The average molecular weight is 554 g/mol. The van der Waals surface area contributed by atoms with E-state index < -0.39 is 5.82 Å². The summed E-state index contributed by atoms with van der Waals surface area (Å²) in [5.41, 5.74) is 7.35. The van der Waals surface area contributed by atoms with Crippen molar-refractivity contribution in [3.63, 3.8) is 0 Å². The number of hydrogen-bond acceptors (Lipinski definition) is 10. The number of nitrogens with zero attached hydrogens (tertiary/aromatic N) is 7. The zero-order chi connectivity index (χ0) is 27.2. The van der Waals surface area contributed by atoms with Crippen molar-refractivity contribution in [2.75, 3.05) is 75.2 Å². The Morgan fingerprint density at radius 1 is 1.10 bits per heavy atom. The van der Waals surface area contributed by atoms with Gasteiger partial charge in [0, 0.05) is 57.7 Å². The van der Waals surface area contributed by atoms with Crippen LogP contribution in [0.25, 0.3) is 0 Å². The molecule has 5 rings (SSSR count). The van der Waals surface area contributed by atoms with E-state index in [9.17, 15) is 4.39 Å². The van der Waals surface area contributed by atoms with Gasteiger partial charge in [-0.25, -0.2) is 14.8 Å². The molecule has 3 aromatic rings. The summed E-state index contributed by atoms with van der Waals surface area (Å²) in [6, 6.07) is 7.96. The highest BCUT2D eigenvalue weighted by molar-refractivity contribution is 6.33. The fraction of sp³-hybridized carbons (Fsp3) is 0.407. The summed E-state index contributed by atoms with van der Waals surface area (Å²) in [6.07, 6.45) is 4.39. The summed E-state index contributed by atoms with van der Waals surface area (Å²) < 4.78 is 19.6. The lowest BCUT2D eigenvalue weighted by molar-refractivity contribution is 0.122. The van der Waals surface area contributed by atoms with Gasteiger partial charge in [0.25, 0.3) is 0 Å². The van der Waals surface area contributed by atoms with E-state index in [0.717, 1.165) is 55.9 Å². The Kier molecular flexibility index (Phi) is 8.82. The summed E-state index contributed by atoms with van der Waals surface area (Å²) in [5.74, 6) is -0.0483. The SMILES string of the molecule is Cc1cc(CN2CCN(C)CC2)cc(Cl)c1Nc1ccnc(/C=N/Nc2ncc(F)c(N3CCOCC3)n2)c1. The number of morpholine rings is 1. The number of rotatable bonds is 8. The molecule has 2 N–H and O–H groups in total. The largest absolute Gasteiger partial charge is 0.378 e. The van der Waals surface area contributed by atoms with Gasteiger partial charge in [-0.05, 0) is 43.3 Å². The maximum atomic E-state index is 14.3. The number of ether oxygens (including phenoxy) is 1. The number of anilines is 4. The van der Waals surface area contributed by atoms with Gasteiger partial charge in [-0.1, -0.05) is 17.7 Å². The third kappa shape index (κ3) is 7.18. The second kappa shape index (κ2) is 12.6. The molecule has 2 aliphatic heterocycles. The molecule has 0 unspecified atom stereocenters. The number of piperazine rings is 1. The Morgan fingerprint density at radius 3 is 2.67 bits per heavy atom. The summed E-state index contributed by atoms with van der Waals surface area (Å²) in [5, 5.41) is 8.29. The van der Waals surface area contributed by atoms with Gasteiger partial charge in [-0.15, -0.1) is 0 Å². The fourth-order valence-corrected chi connectivity index (χ4v) is 4.97.